The minimum atomic E-state index is -0.298. The molecular formula is C23H25FN4O. The van der Waals surface area contributed by atoms with Crippen LogP contribution < -0.4 is 0 Å². The van der Waals surface area contributed by atoms with Gasteiger partial charge in [0.2, 0.25) is 5.91 Å². The van der Waals surface area contributed by atoms with E-state index < -0.39 is 0 Å². The van der Waals surface area contributed by atoms with E-state index in [1.807, 2.05) is 23.1 Å². The maximum absolute atomic E-state index is 13.3. The van der Waals surface area contributed by atoms with Gasteiger partial charge in [0.15, 0.2) is 0 Å². The van der Waals surface area contributed by atoms with E-state index in [9.17, 15) is 9.18 Å². The maximum atomic E-state index is 13.3. The number of aromatic nitrogens is 3. The quantitative estimate of drug-likeness (QED) is 0.645. The van der Waals surface area contributed by atoms with E-state index in [1.165, 1.54) is 17.7 Å². The molecule has 2 heterocycles. The van der Waals surface area contributed by atoms with Crippen LogP contribution in [0, 0.1) is 11.7 Å². The summed E-state index contributed by atoms with van der Waals surface area (Å²) >= 11 is 0. The molecular weight excluding hydrogens is 367 g/mol. The summed E-state index contributed by atoms with van der Waals surface area (Å²) in [6.07, 6.45) is 4.83. The van der Waals surface area contributed by atoms with Gasteiger partial charge in [0.05, 0.1) is 13.0 Å². The summed E-state index contributed by atoms with van der Waals surface area (Å²) in [4.78, 5) is 14.4. The number of benzene rings is 2. The average molecular weight is 392 g/mol. The number of piperidine rings is 1. The largest absolute Gasteiger partial charge is 0.342 e. The first-order valence-corrected chi connectivity index (χ1v) is 10.1. The van der Waals surface area contributed by atoms with Gasteiger partial charge in [-0.15, -0.1) is 10.2 Å². The number of halogens is 1. The van der Waals surface area contributed by atoms with E-state index in [4.69, 9.17) is 0 Å². The summed E-state index contributed by atoms with van der Waals surface area (Å²) in [6.45, 7) is 2.26. The summed E-state index contributed by atoms with van der Waals surface area (Å²) in [5, 5.41) is 8.42. The van der Waals surface area contributed by atoms with Gasteiger partial charge in [0, 0.05) is 19.5 Å². The molecule has 0 saturated carbocycles. The van der Waals surface area contributed by atoms with Crippen LogP contribution in [-0.2, 0) is 24.2 Å². The fraction of sp³-hybridized carbons (Fsp3) is 0.348. The number of carbonyl (C=O) groups is 1. The zero-order valence-corrected chi connectivity index (χ0v) is 16.4. The third-order valence-electron chi connectivity index (χ3n) is 5.57. The molecule has 1 aliphatic rings. The standard InChI is InChI=1S/C23H25FN4O/c24-21-8-4-7-20(13-21)15-23(29)27-11-9-18(10-12-27)14-22-26-25-17-28(22)16-19-5-2-1-3-6-19/h1-8,13,17-18H,9-12,14-16H2. The van der Waals surface area contributed by atoms with Crippen molar-refractivity contribution in [2.24, 2.45) is 5.92 Å². The first-order chi connectivity index (χ1) is 14.2. The van der Waals surface area contributed by atoms with E-state index in [1.54, 1.807) is 18.5 Å². The molecule has 4 rings (SSSR count). The van der Waals surface area contributed by atoms with Crippen molar-refractivity contribution >= 4 is 5.91 Å². The topological polar surface area (TPSA) is 51.0 Å². The Hall–Kier alpha value is -3.02. The van der Waals surface area contributed by atoms with Gasteiger partial charge in [-0.25, -0.2) is 4.39 Å². The van der Waals surface area contributed by atoms with Gasteiger partial charge >= 0.3 is 0 Å². The smallest absolute Gasteiger partial charge is 0.226 e. The molecule has 0 N–H and O–H groups in total. The number of hydrogen-bond donors (Lipinski definition) is 0. The summed E-state index contributed by atoms with van der Waals surface area (Å²) in [7, 11) is 0. The Morgan fingerprint density at radius 3 is 2.55 bits per heavy atom. The first-order valence-electron chi connectivity index (χ1n) is 10.1. The second kappa shape index (κ2) is 8.99. The molecule has 5 nitrogen and oxygen atoms in total. The van der Waals surface area contributed by atoms with Gasteiger partial charge in [-0.1, -0.05) is 42.5 Å². The summed E-state index contributed by atoms with van der Waals surface area (Å²) < 4.78 is 15.4. The SMILES string of the molecule is O=C(Cc1cccc(F)c1)N1CCC(Cc2nncn2Cc2ccccc2)CC1. The molecule has 0 atom stereocenters. The van der Waals surface area contributed by atoms with E-state index in [-0.39, 0.29) is 18.1 Å². The monoisotopic (exact) mass is 392 g/mol. The molecule has 0 bridgehead atoms. The molecule has 0 aliphatic carbocycles. The Morgan fingerprint density at radius 2 is 1.79 bits per heavy atom. The van der Waals surface area contributed by atoms with Crippen LogP contribution in [0.3, 0.4) is 0 Å². The normalized spacial score (nSPS) is 14.9. The van der Waals surface area contributed by atoms with Crippen LogP contribution in [0.1, 0.15) is 29.8 Å². The zero-order chi connectivity index (χ0) is 20.1. The first kappa shape index (κ1) is 19.3. The van der Waals surface area contributed by atoms with Crippen LogP contribution in [0.25, 0.3) is 0 Å². The molecule has 3 aromatic rings. The summed E-state index contributed by atoms with van der Waals surface area (Å²) in [6, 6.07) is 16.6. The van der Waals surface area contributed by atoms with E-state index in [0.29, 0.717) is 5.92 Å². The third-order valence-corrected chi connectivity index (χ3v) is 5.57. The lowest BCUT2D eigenvalue weighted by Crippen LogP contribution is -2.39. The van der Waals surface area contributed by atoms with Crippen molar-refractivity contribution in [3.8, 4) is 0 Å². The molecule has 1 fully saturated rings. The van der Waals surface area contributed by atoms with E-state index in [2.05, 4.69) is 26.9 Å². The number of rotatable bonds is 6. The Labute approximate surface area is 170 Å². The van der Waals surface area contributed by atoms with E-state index >= 15 is 0 Å². The van der Waals surface area contributed by atoms with Crippen molar-refractivity contribution in [1.82, 2.24) is 19.7 Å². The predicted molar refractivity (Wildman–Crippen MR) is 109 cm³/mol. The van der Waals surface area contributed by atoms with Gasteiger partial charge < -0.3 is 9.47 Å². The van der Waals surface area contributed by atoms with Crippen LogP contribution in [0.5, 0.6) is 0 Å². The van der Waals surface area contributed by atoms with Gasteiger partial charge in [-0.05, 0) is 42.0 Å². The van der Waals surface area contributed by atoms with Crippen LogP contribution in [-0.4, -0.2) is 38.7 Å². The fourth-order valence-electron chi connectivity index (χ4n) is 3.93. The molecule has 0 spiro atoms. The summed E-state index contributed by atoms with van der Waals surface area (Å²) in [5.74, 6) is 1.26. The van der Waals surface area contributed by atoms with Crippen molar-refractivity contribution in [2.75, 3.05) is 13.1 Å². The van der Waals surface area contributed by atoms with Crippen LogP contribution in [0.15, 0.2) is 60.9 Å². The Morgan fingerprint density at radius 1 is 1.03 bits per heavy atom. The number of amides is 1. The molecule has 150 valence electrons. The highest BCUT2D eigenvalue weighted by Gasteiger charge is 2.24. The highest BCUT2D eigenvalue weighted by atomic mass is 19.1. The number of nitrogens with zero attached hydrogens (tertiary/aromatic N) is 4. The Kier molecular flexibility index (Phi) is 5.98. The Bertz CT molecular complexity index is 948. The van der Waals surface area contributed by atoms with Crippen LogP contribution >= 0.6 is 0 Å². The van der Waals surface area contributed by atoms with Gasteiger partial charge in [-0.3, -0.25) is 4.79 Å². The van der Waals surface area contributed by atoms with Crippen molar-refractivity contribution in [3.63, 3.8) is 0 Å². The maximum Gasteiger partial charge on any atom is 0.226 e. The summed E-state index contributed by atoms with van der Waals surface area (Å²) in [5.41, 5.74) is 1.96. The molecule has 1 amide bonds. The molecule has 1 aliphatic heterocycles. The second-order valence-electron chi connectivity index (χ2n) is 7.70. The Balaban J connectivity index is 1.29. The lowest BCUT2D eigenvalue weighted by Gasteiger charge is -2.32. The lowest BCUT2D eigenvalue weighted by molar-refractivity contribution is -0.131. The second-order valence-corrected chi connectivity index (χ2v) is 7.70. The molecule has 1 saturated heterocycles. The molecule has 29 heavy (non-hydrogen) atoms. The van der Waals surface area contributed by atoms with Gasteiger partial charge in [0.25, 0.3) is 0 Å². The lowest BCUT2D eigenvalue weighted by atomic mass is 9.93. The number of carbonyl (C=O) groups excluding carboxylic acids is 1. The average Bonchev–Trinajstić information content (AvgIpc) is 3.16. The third kappa shape index (κ3) is 5.08. The molecule has 6 heteroatoms. The van der Waals surface area contributed by atoms with E-state index in [0.717, 1.165) is 50.3 Å². The number of likely N-dealkylation sites (tertiary alicyclic amines) is 1. The molecule has 1 aromatic heterocycles. The highest BCUT2D eigenvalue weighted by Crippen LogP contribution is 2.22. The van der Waals surface area contributed by atoms with Gasteiger partial charge in [-0.2, -0.15) is 0 Å². The van der Waals surface area contributed by atoms with Crippen LogP contribution in [0.2, 0.25) is 0 Å². The van der Waals surface area contributed by atoms with Crippen molar-refractivity contribution in [2.45, 2.75) is 32.2 Å². The number of hydrogen-bond acceptors (Lipinski definition) is 3. The minimum absolute atomic E-state index is 0.0706. The van der Waals surface area contributed by atoms with Crippen molar-refractivity contribution < 1.29 is 9.18 Å². The van der Waals surface area contributed by atoms with Crippen LogP contribution in [0.4, 0.5) is 4.39 Å². The molecule has 2 aromatic carbocycles. The predicted octanol–water partition coefficient (Wildman–Crippen LogP) is 3.49. The molecule has 0 unspecified atom stereocenters. The van der Waals surface area contributed by atoms with Crippen molar-refractivity contribution in [1.29, 1.82) is 0 Å². The van der Waals surface area contributed by atoms with Crippen molar-refractivity contribution in [3.05, 3.63) is 83.7 Å². The minimum Gasteiger partial charge on any atom is -0.342 e. The highest BCUT2D eigenvalue weighted by molar-refractivity contribution is 5.78. The fourth-order valence-corrected chi connectivity index (χ4v) is 3.93. The molecule has 0 radical (unpaired) electrons. The zero-order valence-electron chi connectivity index (χ0n) is 16.4. The van der Waals surface area contributed by atoms with Gasteiger partial charge in [0.1, 0.15) is 18.0 Å².